The number of halogens is 1. The van der Waals surface area contributed by atoms with Crippen molar-refractivity contribution >= 4 is 27.7 Å². The lowest BCUT2D eigenvalue weighted by molar-refractivity contribution is -0.121. The van der Waals surface area contributed by atoms with Crippen LogP contribution in [0.25, 0.3) is 0 Å². The van der Waals surface area contributed by atoms with E-state index in [-0.39, 0.29) is 5.91 Å². The predicted molar refractivity (Wildman–Crippen MR) is 74.5 cm³/mol. The smallest absolute Gasteiger partial charge is 0.248 e. The van der Waals surface area contributed by atoms with Gasteiger partial charge in [0.15, 0.2) is 0 Å². The summed E-state index contributed by atoms with van der Waals surface area (Å²) in [4.78, 5) is 22.5. The average molecular weight is 313 g/mol. The highest BCUT2D eigenvalue weighted by atomic mass is 79.9. The van der Waals surface area contributed by atoms with Crippen LogP contribution in [0.5, 0.6) is 0 Å². The maximum absolute atomic E-state index is 11.5. The van der Waals surface area contributed by atoms with E-state index in [1.807, 2.05) is 6.07 Å². The molecule has 0 aliphatic rings. The third-order valence-corrected chi connectivity index (χ3v) is 3.05. The van der Waals surface area contributed by atoms with Crippen molar-refractivity contribution in [3.8, 4) is 0 Å². The Kier molecular flexibility index (Phi) is 6.43. The van der Waals surface area contributed by atoms with Crippen molar-refractivity contribution < 1.29 is 9.59 Å². The molecule has 18 heavy (non-hydrogen) atoms. The standard InChI is InChI=1S/C13H17BrN2O2/c14-7-2-1-6-12(17)16-9-10-4-3-5-11(8-10)13(15)18/h3-5,8H,1-2,6-7,9H2,(H2,15,18)(H,16,17). The number of nitrogens with one attached hydrogen (secondary N) is 1. The van der Waals surface area contributed by atoms with Crippen molar-refractivity contribution in [2.24, 2.45) is 5.73 Å². The van der Waals surface area contributed by atoms with Crippen LogP contribution in [0.1, 0.15) is 35.2 Å². The van der Waals surface area contributed by atoms with Gasteiger partial charge in [0.05, 0.1) is 0 Å². The van der Waals surface area contributed by atoms with E-state index in [1.165, 1.54) is 0 Å². The maximum atomic E-state index is 11.5. The van der Waals surface area contributed by atoms with E-state index in [0.717, 1.165) is 23.7 Å². The molecule has 1 aromatic rings. The second-order valence-corrected chi connectivity index (χ2v) is 4.78. The van der Waals surface area contributed by atoms with Crippen LogP contribution in [-0.4, -0.2) is 17.1 Å². The second kappa shape index (κ2) is 7.87. The summed E-state index contributed by atoms with van der Waals surface area (Å²) in [5.41, 5.74) is 6.52. The zero-order valence-electron chi connectivity index (χ0n) is 10.1. The van der Waals surface area contributed by atoms with Gasteiger partial charge < -0.3 is 11.1 Å². The first-order chi connectivity index (χ1) is 8.63. The lowest BCUT2D eigenvalue weighted by Crippen LogP contribution is -2.22. The lowest BCUT2D eigenvalue weighted by atomic mass is 10.1. The SMILES string of the molecule is NC(=O)c1cccc(CNC(=O)CCCCBr)c1. The zero-order chi connectivity index (χ0) is 13.4. The summed E-state index contributed by atoms with van der Waals surface area (Å²) in [7, 11) is 0. The van der Waals surface area contributed by atoms with Crippen LogP contribution >= 0.6 is 15.9 Å². The number of benzene rings is 1. The number of hydrogen-bond donors (Lipinski definition) is 2. The fourth-order valence-electron chi connectivity index (χ4n) is 1.50. The minimum absolute atomic E-state index is 0.0282. The van der Waals surface area contributed by atoms with Crippen molar-refractivity contribution in [2.75, 3.05) is 5.33 Å². The van der Waals surface area contributed by atoms with E-state index in [0.29, 0.717) is 18.5 Å². The molecule has 98 valence electrons. The van der Waals surface area contributed by atoms with Crippen LogP contribution in [0.2, 0.25) is 0 Å². The molecule has 0 bridgehead atoms. The molecule has 1 rings (SSSR count). The fraction of sp³-hybridized carbons (Fsp3) is 0.385. The van der Waals surface area contributed by atoms with Gasteiger partial charge in [0.1, 0.15) is 0 Å². The number of nitrogens with two attached hydrogens (primary N) is 1. The quantitative estimate of drug-likeness (QED) is 0.597. The molecule has 0 saturated carbocycles. The molecule has 0 aliphatic heterocycles. The molecule has 0 saturated heterocycles. The Morgan fingerprint density at radius 1 is 1.28 bits per heavy atom. The molecule has 0 heterocycles. The van der Waals surface area contributed by atoms with Gasteiger partial charge in [-0.25, -0.2) is 0 Å². The van der Waals surface area contributed by atoms with E-state index in [1.54, 1.807) is 18.2 Å². The molecule has 0 aliphatic carbocycles. The van der Waals surface area contributed by atoms with E-state index >= 15 is 0 Å². The van der Waals surface area contributed by atoms with Crippen molar-refractivity contribution in [1.29, 1.82) is 0 Å². The first-order valence-corrected chi connectivity index (χ1v) is 6.97. The normalized spacial score (nSPS) is 10.1. The molecule has 0 spiro atoms. The summed E-state index contributed by atoms with van der Waals surface area (Å²) in [5, 5.41) is 3.74. The van der Waals surface area contributed by atoms with Crippen LogP contribution < -0.4 is 11.1 Å². The van der Waals surface area contributed by atoms with E-state index in [4.69, 9.17) is 5.73 Å². The summed E-state index contributed by atoms with van der Waals surface area (Å²) in [6, 6.07) is 6.96. The maximum Gasteiger partial charge on any atom is 0.248 e. The van der Waals surface area contributed by atoms with Crippen molar-refractivity contribution in [1.82, 2.24) is 5.32 Å². The number of amides is 2. The Balaban J connectivity index is 2.41. The summed E-state index contributed by atoms with van der Waals surface area (Å²) in [6.45, 7) is 0.425. The molecule has 2 amide bonds. The van der Waals surface area contributed by atoms with Gasteiger partial charge in [-0.1, -0.05) is 28.1 Å². The molecule has 5 heteroatoms. The highest BCUT2D eigenvalue weighted by Crippen LogP contribution is 2.05. The average Bonchev–Trinajstić information content (AvgIpc) is 2.37. The zero-order valence-corrected chi connectivity index (χ0v) is 11.7. The Morgan fingerprint density at radius 2 is 2.06 bits per heavy atom. The highest BCUT2D eigenvalue weighted by Gasteiger charge is 2.03. The minimum Gasteiger partial charge on any atom is -0.366 e. The Labute approximate surface area is 115 Å². The lowest BCUT2D eigenvalue weighted by Gasteiger charge is -2.06. The number of carbonyl (C=O) groups excluding carboxylic acids is 2. The third-order valence-electron chi connectivity index (χ3n) is 2.49. The van der Waals surface area contributed by atoms with Gasteiger partial charge in [0.2, 0.25) is 11.8 Å². The summed E-state index contributed by atoms with van der Waals surface area (Å²) >= 11 is 3.32. The molecule has 4 nitrogen and oxygen atoms in total. The first-order valence-electron chi connectivity index (χ1n) is 5.85. The van der Waals surface area contributed by atoms with Gasteiger partial charge in [-0.3, -0.25) is 9.59 Å². The Morgan fingerprint density at radius 3 is 2.72 bits per heavy atom. The molecule has 3 N–H and O–H groups in total. The van der Waals surface area contributed by atoms with Gasteiger partial charge in [-0.05, 0) is 30.5 Å². The van der Waals surface area contributed by atoms with Gasteiger partial charge >= 0.3 is 0 Å². The van der Waals surface area contributed by atoms with Crippen molar-refractivity contribution in [2.45, 2.75) is 25.8 Å². The van der Waals surface area contributed by atoms with Crippen LogP contribution in [0.3, 0.4) is 0 Å². The number of primary amides is 1. The molecule has 0 radical (unpaired) electrons. The molecule has 0 atom stereocenters. The number of alkyl halides is 1. The summed E-state index contributed by atoms with van der Waals surface area (Å²) in [6.07, 6.45) is 2.39. The highest BCUT2D eigenvalue weighted by molar-refractivity contribution is 9.09. The predicted octanol–water partition coefficient (Wildman–Crippen LogP) is 1.97. The number of carbonyl (C=O) groups is 2. The van der Waals surface area contributed by atoms with E-state index < -0.39 is 5.91 Å². The van der Waals surface area contributed by atoms with Crippen molar-refractivity contribution in [3.05, 3.63) is 35.4 Å². The Bertz CT molecular complexity index is 421. The fourth-order valence-corrected chi connectivity index (χ4v) is 1.90. The van der Waals surface area contributed by atoms with Gasteiger partial charge in [0, 0.05) is 23.9 Å². The molecule has 0 fully saturated rings. The van der Waals surface area contributed by atoms with Crippen LogP contribution in [0.4, 0.5) is 0 Å². The summed E-state index contributed by atoms with van der Waals surface area (Å²) < 4.78 is 0. The first kappa shape index (κ1) is 14.7. The van der Waals surface area contributed by atoms with Crippen LogP contribution in [-0.2, 0) is 11.3 Å². The number of unbranched alkanes of at least 4 members (excludes halogenated alkanes) is 1. The van der Waals surface area contributed by atoms with Gasteiger partial charge in [-0.2, -0.15) is 0 Å². The Hall–Kier alpha value is -1.36. The minimum atomic E-state index is -0.458. The summed E-state index contributed by atoms with van der Waals surface area (Å²) in [5.74, 6) is -0.430. The van der Waals surface area contributed by atoms with Gasteiger partial charge in [-0.15, -0.1) is 0 Å². The monoisotopic (exact) mass is 312 g/mol. The van der Waals surface area contributed by atoms with Crippen LogP contribution in [0, 0.1) is 0 Å². The topological polar surface area (TPSA) is 72.2 Å². The molecule has 0 unspecified atom stereocenters. The van der Waals surface area contributed by atoms with Gasteiger partial charge in [0.25, 0.3) is 0 Å². The van der Waals surface area contributed by atoms with Crippen molar-refractivity contribution in [3.63, 3.8) is 0 Å². The second-order valence-electron chi connectivity index (χ2n) is 3.99. The van der Waals surface area contributed by atoms with E-state index in [9.17, 15) is 9.59 Å². The molecular formula is C13H17BrN2O2. The number of rotatable bonds is 7. The molecule has 1 aromatic carbocycles. The molecule has 0 aromatic heterocycles. The molecular weight excluding hydrogens is 296 g/mol. The largest absolute Gasteiger partial charge is 0.366 e. The van der Waals surface area contributed by atoms with Crippen LogP contribution in [0.15, 0.2) is 24.3 Å². The number of hydrogen-bond acceptors (Lipinski definition) is 2. The van der Waals surface area contributed by atoms with E-state index in [2.05, 4.69) is 21.2 Å². The third kappa shape index (κ3) is 5.31.